The Hall–Kier alpha value is -3.01. The third-order valence-corrected chi connectivity index (χ3v) is 3.39. The van der Waals surface area contributed by atoms with Crippen LogP contribution in [0, 0.1) is 22.6 Å². The third-order valence-electron chi connectivity index (χ3n) is 3.39. The molecule has 1 heterocycles. The van der Waals surface area contributed by atoms with Crippen molar-refractivity contribution in [2.24, 2.45) is 5.41 Å². The summed E-state index contributed by atoms with van der Waals surface area (Å²) in [7, 11) is 1.18. The highest BCUT2D eigenvalue weighted by atomic mass is 19.1. The lowest BCUT2D eigenvalue weighted by atomic mass is 9.99. The number of hydrogen-bond donors (Lipinski definition) is 1. The van der Waals surface area contributed by atoms with Gasteiger partial charge in [0.05, 0.1) is 25.0 Å². The van der Waals surface area contributed by atoms with Gasteiger partial charge in [-0.3, -0.25) is 0 Å². The van der Waals surface area contributed by atoms with Crippen molar-refractivity contribution < 1.29 is 18.7 Å². The molecule has 2 rings (SSSR count). The van der Waals surface area contributed by atoms with Crippen LogP contribution in [0.1, 0.15) is 36.8 Å². The van der Waals surface area contributed by atoms with Gasteiger partial charge in [0, 0.05) is 6.20 Å². The number of benzene rings is 1. The Morgan fingerprint density at radius 2 is 2.08 bits per heavy atom. The monoisotopic (exact) mass is 345 g/mol. The topological polar surface area (TPSA) is 90.3 Å². The van der Waals surface area contributed by atoms with Crippen molar-refractivity contribution in [3.63, 3.8) is 0 Å². The van der Waals surface area contributed by atoms with Crippen LogP contribution in [0.5, 0.6) is 5.75 Å². The minimum Gasteiger partial charge on any atom is -0.491 e. The minimum absolute atomic E-state index is 0.000324. The van der Waals surface area contributed by atoms with Crippen molar-refractivity contribution in [3.05, 3.63) is 41.5 Å². The number of nitrogens with two attached hydrogens (primary N) is 1. The van der Waals surface area contributed by atoms with Crippen molar-refractivity contribution in [3.8, 4) is 17.5 Å². The van der Waals surface area contributed by atoms with Crippen LogP contribution in [0.15, 0.2) is 24.4 Å². The summed E-state index contributed by atoms with van der Waals surface area (Å²) in [5.74, 6) is -1.15. The summed E-state index contributed by atoms with van der Waals surface area (Å²) in [5, 5.41) is 9.19. The average molecular weight is 345 g/mol. The van der Waals surface area contributed by atoms with Crippen molar-refractivity contribution >= 4 is 11.7 Å². The number of esters is 1. The van der Waals surface area contributed by atoms with Crippen LogP contribution in [0.3, 0.4) is 0 Å². The fraction of sp³-hybridized carbons (Fsp3) is 0.333. The van der Waals surface area contributed by atoms with E-state index in [1.165, 1.54) is 30.0 Å². The lowest BCUT2D eigenvalue weighted by Crippen LogP contribution is -2.18. The predicted octanol–water partition coefficient (Wildman–Crippen LogP) is 3.28. The minimum atomic E-state index is -0.774. The van der Waals surface area contributed by atoms with Crippen LogP contribution in [0.4, 0.5) is 10.1 Å². The number of methoxy groups -OCH3 is 1. The SMILES string of the molecule is COC(=O)c1c(N)c(C#N)cn1-c1c(F)cccc1OCC(C)(C)C. The Balaban J connectivity index is 2.66. The molecule has 0 fully saturated rings. The van der Waals surface area contributed by atoms with Gasteiger partial charge in [-0.15, -0.1) is 0 Å². The molecule has 0 aliphatic carbocycles. The Kier molecular flexibility index (Phi) is 5.02. The first-order valence-electron chi connectivity index (χ1n) is 7.60. The molecular weight excluding hydrogens is 325 g/mol. The summed E-state index contributed by atoms with van der Waals surface area (Å²) in [6.45, 7) is 6.27. The quantitative estimate of drug-likeness (QED) is 0.859. The van der Waals surface area contributed by atoms with Crippen molar-refractivity contribution in [1.82, 2.24) is 4.57 Å². The maximum Gasteiger partial charge on any atom is 0.357 e. The van der Waals surface area contributed by atoms with Crippen LogP contribution in [-0.2, 0) is 4.74 Å². The molecule has 0 aliphatic rings. The van der Waals surface area contributed by atoms with E-state index < -0.39 is 11.8 Å². The zero-order valence-corrected chi connectivity index (χ0v) is 14.6. The van der Waals surface area contributed by atoms with Gasteiger partial charge in [-0.25, -0.2) is 9.18 Å². The number of ether oxygens (including phenoxy) is 2. The number of para-hydroxylation sites is 1. The van der Waals surface area contributed by atoms with E-state index in [0.29, 0.717) is 6.61 Å². The van der Waals surface area contributed by atoms with Gasteiger partial charge in [0.2, 0.25) is 0 Å². The second-order valence-electron chi connectivity index (χ2n) is 6.71. The second-order valence-corrected chi connectivity index (χ2v) is 6.71. The van der Waals surface area contributed by atoms with E-state index >= 15 is 0 Å². The molecule has 0 atom stereocenters. The molecular formula is C18H20FN3O3. The molecule has 0 saturated heterocycles. The van der Waals surface area contributed by atoms with E-state index in [2.05, 4.69) is 0 Å². The molecule has 1 aromatic heterocycles. The van der Waals surface area contributed by atoms with Gasteiger partial charge in [-0.1, -0.05) is 26.8 Å². The van der Waals surface area contributed by atoms with Crippen LogP contribution in [0.25, 0.3) is 5.69 Å². The molecule has 1 aromatic carbocycles. The van der Waals surface area contributed by atoms with E-state index in [-0.39, 0.29) is 33.8 Å². The third kappa shape index (κ3) is 3.74. The van der Waals surface area contributed by atoms with Gasteiger partial charge in [0.1, 0.15) is 17.5 Å². The van der Waals surface area contributed by atoms with E-state index in [1.54, 1.807) is 6.07 Å². The number of aromatic nitrogens is 1. The molecule has 2 N–H and O–H groups in total. The summed E-state index contributed by atoms with van der Waals surface area (Å²) in [4.78, 5) is 12.1. The van der Waals surface area contributed by atoms with Crippen molar-refractivity contribution in [2.75, 3.05) is 19.5 Å². The summed E-state index contributed by atoms with van der Waals surface area (Å²) >= 11 is 0. The van der Waals surface area contributed by atoms with Gasteiger partial charge in [0.25, 0.3) is 0 Å². The molecule has 0 bridgehead atoms. The van der Waals surface area contributed by atoms with Crippen molar-refractivity contribution in [1.29, 1.82) is 5.26 Å². The maximum absolute atomic E-state index is 14.6. The first-order chi connectivity index (χ1) is 11.7. The molecule has 2 aromatic rings. The van der Waals surface area contributed by atoms with E-state index in [0.717, 1.165) is 0 Å². The summed E-state index contributed by atoms with van der Waals surface area (Å²) < 4.78 is 26.2. The van der Waals surface area contributed by atoms with Gasteiger partial charge in [-0.05, 0) is 17.5 Å². The number of nitriles is 1. The molecule has 6 nitrogen and oxygen atoms in total. The number of carbonyl (C=O) groups excluding carboxylic acids is 1. The van der Waals surface area contributed by atoms with Crippen molar-refractivity contribution in [2.45, 2.75) is 20.8 Å². The number of hydrogen-bond acceptors (Lipinski definition) is 5. The predicted molar refractivity (Wildman–Crippen MR) is 91.1 cm³/mol. The first-order valence-corrected chi connectivity index (χ1v) is 7.60. The lowest BCUT2D eigenvalue weighted by molar-refractivity contribution is 0.0592. The zero-order valence-electron chi connectivity index (χ0n) is 14.6. The number of rotatable bonds is 4. The fourth-order valence-corrected chi connectivity index (χ4v) is 2.23. The molecule has 25 heavy (non-hydrogen) atoms. The van der Waals surface area contributed by atoms with Gasteiger partial charge >= 0.3 is 5.97 Å². The van der Waals surface area contributed by atoms with Gasteiger partial charge in [-0.2, -0.15) is 5.26 Å². The normalized spacial score (nSPS) is 11.0. The van der Waals surface area contributed by atoms with E-state index in [1.807, 2.05) is 26.8 Å². The van der Waals surface area contributed by atoms with Crippen LogP contribution < -0.4 is 10.5 Å². The van der Waals surface area contributed by atoms with Crippen LogP contribution >= 0.6 is 0 Å². The number of nitrogen functional groups attached to an aromatic ring is 1. The van der Waals surface area contributed by atoms with Gasteiger partial charge < -0.3 is 19.8 Å². The van der Waals surface area contributed by atoms with E-state index in [4.69, 9.17) is 15.2 Å². The highest BCUT2D eigenvalue weighted by Gasteiger charge is 2.25. The lowest BCUT2D eigenvalue weighted by Gasteiger charge is -2.21. The summed E-state index contributed by atoms with van der Waals surface area (Å²) in [5.41, 5.74) is 5.57. The molecule has 0 unspecified atom stereocenters. The second kappa shape index (κ2) is 6.85. The standard InChI is InChI=1S/C18H20FN3O3/c1-18(2,3)10-25-13-7-5-6-12(19)15(13)22-9-11(8-20)14(21)16(22)17(23)24-4/h5-7,9H,10,21H2,1-4H3. The summed E-state index contributed by atoms with van der Waals surface area (Å²) in [6.07, 6.45) is 1.30. The molecule has 0 spiro atoms. The van der Waals surface area contributed by atoms with E-state index in [9.17, 15) is 14.4 Å². The van der Waals surface area contributed by atoms with Gasteiger partial charge in [0.15, 0.2) is 11.5 Å². The molecule has 0 amide bonds. The molecule has 0 aliphatic heterocycles. The maximum atomic E-state index is 14.6. The largest absolute Gasteiger partial charge is 0.491 e. The number of anilines is 1. The Labute approximate surface area is 145 Å². The molecule has 7 heteroatoms. The van der Waals surface area contributed by atoms with Crippen LogP contribution in [-0.4, -0.2) is 24.3 Å². The Morgan fingerprint density at radius 1 is 1.40 bits per heavy atom. The number of nitrogens with zero attached hydrogens (tertiary/aromatic N) is 2. The Morgan fingerprint density at radius 3 is 2.64 bits per heavy atom. The highest BCUT2D eigenvalue weighted by Crippen LogP contribution is 2.32. The molecule has 132 valence electrons. The highest BCUT2D eigenvalue weighted by molar-refractivity contribution is 5.96. The molecule has 0 radical (unpaired) electrons. The Bertz CT molecular complexity index is 844. The van der Waals surface area contributed by atoms with Crippen LogP contribution in [0.2, 0.25) is 0 Å². The number of carbonyl (C=O) groups is 1. The fourth-order valence-electron chi connectivity index (χ4n) is 2.23. The smallest absolute Gasteiger partial charge is 0.357 e. The zero-order chi connectivity index (χ0) is 18.8. The number of halogens is 1. The summed E-state index contributed by atoms with van der Waals surface area (Å²) in [6, 6.07) is 6.22. The average Bonchev–Trinajstić information content (AvgIpc) is 2.87. The first kappa shape index (κ1) is 18.3. The molecule has 0 saturated carbocycles.